The Morgan fingerprint density at radius 2 is 2.07 bits per heavy atom. The van der Waals surface area contributed by atoms with Crippen LogP contribution in [0.3, 0.4) is 0 Å². The van der Waals surface area contributed by atoms with E-state index in [-0.39, 0.29) is 0 Å². The number of rotatable bonds is 4. The topological polar surface area (TPSA) is 90.9 Å². The number of carbonyl (C=O) groups excluding carboxylic acids is 1. The van der Waals surface area contributed by atoms with Gasteiger partial charge in [0.1, 0.15) is 0 Å². The summed E-state index contributed by atoms with van der Waals surface area (Å²) in [6, 6.07) is 9.80. The largest absolute Gasteiger partial charge is 0.367 e. The second kappa shape index (κ2) is 4.84. The van der Waals surface area contributed by atoms with Crippen LogP contribution in [0.4, 0.5) is 5.69 Å². The van der Waals surface area contributed by atoms with Gasteiger partial charge in [0.2, 0.25) is 0 Å². The van der Waals surface area contributed by atoms with Crippen molar-refractivity contribution in [1.29, 1.82) is 5.26 Å². The zero-order valence-corrected chi connectivity index (χ0v) is 7.40. The van der Waals surface area contributed by atoms with Crippen LogP contribution in [-0.2, 0) is 4.79 Å². The fourth-order valence-corrected chi connectivity index (χ4v) is 0.844. The minimum absolute atomic E-state index is 0.712. The van der Waals surface area contributed by atoms with Crippen LogP contribution in [0.25, 0.3) is 0 Å². The number of benzene rings is 1. The second-order valence-electron chi connectivity index (χ2n) is 2.60. The van der Waals surface area contributed by atoms with Gasteiger partial charge < -0.3 is 11.2 Å². The van der Waals surface area contributed by atoms with E-state index in [2.05, 4.69) is 10.9 Å². The molecule has 0 saturated carbocycles. The number of nitrogens with two attached hydrogens (primary N) is 1. The van der Waals surface area contributed by atoms with Gasteiger partial charge in [-0.1, -0.05) is 18.2 Å². The third-order valence-electron chi connectivity index (χ3n) is 1.55. The first kappa shape index (κ1) is 10.0. The lowest BCUT2D eigenvalue weighted by atomic mass is 10.3. The Labute approximate surface area is 81.5 Å². The number of hydrazine groups is 1. The van der Waals surface area contributed by atoms with Crippen molar-refractivity contribution in [2.75, 3.05) is 5.43 Å². The highest BCUT2D eigenvalue weighted by atomic mass is 16.1. The highest BCUT2D eigenvalue weighted by Crippen LogP contribution is 2.02. The zero-order chi connectivity index (χ0) is 10.4. The van der Waals surface area contributed by atoms with Crippen LogP contribution < -0.4 is 16.6 Å². The average Bonchev–Trinajstić information content (AvgIpc) is 2.20. The lowest BCUT2D eigenvalue weighted by molar-refractivity contribution is -0.118. The van der Waals surface area contributed by atoms with Gasteiger partial charge in [0.15, 0.2) is 6.04 Å². The molecule has 0 aromatic heterocycles. The Bertz CT molecular complexity index is 344. The van der Waals surface area contributed by atoms with E-state index in [1.165, 1.54) is 0 Å². The van der Waals surface area contributed by atoms with Crippen LogP contribution in [0.5, 0.6) is 0 Å². The number of carbonyl (C=O) groups is 1. The summed E-state index contributed by atoms with van der Waals surface area (Å²) in [7, 11) is 0. The maximum absolute atomic E-state index is 10.6. The van der Waals surface area contributed by atoms with E-state index in [0.717, 1.165) is 5.69 Å². The molecule has 0 fully saturated rings. The molecule has 0 spiro atoms. The van der Waals surface area contributed by atoms with Crippen LogP contribution in [0.2, 0.25) is 0 Å². The molecule has 14 heavy (non-hydrogen) atoms. The molecular formula is C9H10N4O. The van der Waals surface area contributed by atoms with Gasteiger partial charge in [-0.25, -0.2) is 5.43 Å². The highest BCUT2D eigenvalue weighted by Gasteiger charge is 2.12. The minimum atomic E-state index is -1.03. The molecule has 0 saturated heterocycles. The molecule has 0 aliphatic rings. The second-order valence-corrected chi connectivity index (χ2v) is 2.60. The zero-order valence-electron chi connectivity index (χ0n) is 7.40. The lowest BCUT2D eigenvalue weighted by Crippen LogP contribution is -2.43. The number of primary amides is 1. The fourth-order valence-electron chi connectivity index (χ4n) is 0.844. The molecular weight excluding hydrogens is 180 g/mol. The standard InChI is InChI=1S/C9H10N4O/c10-6-8(9(11)14)13-12-7-4-2-1-3-5-7/h1-5,8,12-13H,(H2,11,14). The summed E-state index contributed by atoms with van der Waals surface area (Å²) >= 11 is 0. The molecule has 1 rings (SSSR count). The molecule has 1 unspecified atom stereocenters. The van der Waals surface area contributed by atoms with Crippen molar-refractivity contribution in [3.05, 3.63) is 30.3 Å². The number of nitriles is 1. The highest BCUT2D eigenvalue weighted by molar-refractivity contribution is 5.82. The molecule has 1 aromatic carbocycles. The maximum atomic E-state index is 10.6. The Kier molecular flexibility index (Phi) is 3.47. The number of anilines is 1. The van der Waals surface area contributed by atoms with E-state index in [4.69, 9.17) is 11.0 Å². The number of nitrogens with one attached hydrogen (secondary N) is 2. The van der Waals surface area contributed by atoms with Crippen LogP contribution >= 0.6 is 0 Å². The molecule has 1 amide bonds. The normalized spacial score (nSPS) is 11.4. The van der Waals surface area contributed by atoms with Gasteiger partial charge in [-0.2, -0.15) is 5.26 Å². The Hall–Kier alpha value is -2.06. The van der Waals surface area contributed by atoms with Crippen molar-refractivity contribution >= 4 is 11.6 Å². The van der Waals surface area contributed by atoms with Crippen LogP contribution in [0, 0.1) is 11.3 Å². The smallest absolute Gasteiger partial charge is 0.250 e. The van der Waals surface area contributed by atoms with Gasteiger partial charge in [-0.05, 0) is 12.1 Å². The van der Waals surface area contributed by atoms with Crippen molar-refractivity contribution in [3.8, 4) is 6.07 Å². The predicted molar refractivity (Wildman–Crippen MR) is 51.8 cm³/mol. The molecule has 72 valence electrons. The van der Waals surface area contributed by atoms with Gasteiger partial charge in [0.05, 0.1) is 6.07 Å². The maximum Gasteiger partial charge on any atom is 0.250 e. The lowest BCUT2D eigenvalue weighted by Gasteiger charge is -2.10. The van der Waals surface area contributed by atoms with Crippen molar-refractivity contribution in [1.82, 2.24) is 5.43 Å². The summed E-state index contributed by atoms with van der Waals surface area (Å²) < 4.78 is 0. The molecule has 4 N–H and O–H groups in total. The summed E-state index contributed by atoms with van der Waals surface area (Å²) in [6.45, 7) is 0. The fraction of sp³-hybridized carbons (Fsp3) is 0.111. The summed E-state index contributed by atoms with van der Waals surface area (Å²) in [5.74, 6) is -0.712. The van der Waals surface area contributed by atoms with Gasteiger partial charge in [-0.3, -0.25) is 4.79 Å². The van der Waals surface area contributed by atoms with Gasteiger partial charge >= 0.3 is 0 Å². The number of hydrogen-bond donors (Lipinski definition) is 3. The van der Waals surface area contributed by atoms with Gasteiger partial charge in [-0.15, -0.1) is 0 Å². The third kappa shape index (κ3) is 2.77. The van der Waals surface area contributed by atoms with E-state index in [9.17, 15) is 4.79 Å². The minimum Gasteiger partial charge on any atom is -0.367 e. The quantitative estimate of drug-likeness (QED) is 0.582. The summed E-state index contributed by atoms with van der Waals surface area (Å²) in [5.41, 5.74) is 10.9. The van der Waals surface area contributed by atoms with Crippen molar-refractivity contribution in [3.63, 3.8) is 0 Å². The van der Waals surface area contributed by atoms with Crippen LogP contribution in [0.15, 0.2) is 30.3 Å². The SMILES string of the molecule is N#CC(NNc1ccccc1)C(N)=O. The Balaban J connectivity index is 2.49. The molecule has 1 atom stereocenters. The first-order valence-electron chi connectivity index (χ1n) is 3.99. The van der Waals surface area contributed by atoms with E-state index in [1.54, 1.807) is 18.2 Å². The van der Waals surface area contributed by atoms with Crippen LogP contribution in [-0.4, -0.2) is 11.9 Å². The van der Waals surface area contributed by atoms with Gasteiger partial charge in [0.25, 0.3) is 5.91 Å². The molecule has 0 radical (unpaired) electrons. The van der Waals surface area contributed by atoms with E-state index in [0.29, 0.717) is 0 Å². The number of amides is 1. The predicted octanol–water partition coefficient (Wildman–Crippen LogP) is -0.0194. The number of hydrogen-bond acceptors (Lipinski definition) is 4. The van der Waals surface area contributed by atoms with E-state index >= 15 is 0 Å². The summed E-state index contributed by atoms with van der Waals surface area (Å²) in [6.07, 6.45) is 0. The van der Waals surface area contributed by atoms with Crippen molar-refractivity contribution < 1.29 is 4.79 Å². The molecule has 0 aliphatic heterocycles. The molecule has 0 aliphatic carbocycles. The van der Waals surface area contributed by atoms with Gasteiger partial charge in [0, 0.05) is 5.69 Å². The summed E-state index contributed by atoms with van der Waals surface area (Å²) in [4.78, 5) is 10.6. The number of nitrogens with zero attached hydrogens (tertiary/aromatic N) is 1. The van der Waals surface area contributed by atoms with Crippen LogP contribution in [0.1, 0.15) is 0 Å². The first-order valence-corrected chi connectivity index (χ1v) is 3.99. The monoisotopic (exact) mass is 190 g/mol. The molecule has 0 heterocycles. The third-order valence-corrected chi connectivity index (χ3v) is 1.55. The Morgan fingerprint density at radius 1 is 1.43 bits per heavy atom. The Morgan fingerprint density at radius 3 is 2.57 bits per heavy atom. The molecule has 0 bridgehead atoms. The van der Waals surface area contributed by atoms with E-state index < -0.39 is 11.9 Å². The summed E-state index contributed by atoms with van der Waals surface area (Å²) in [5, 5.41) is 8.52. The van der Waals surface area contributed by atoms with E-state index in [1.807, 2.05) is 18.2 Å². The van der Waals surface area contributed by atoms with Crippen molar-refractivity contribution in [2.24, 2.45) is 5.73 Å². The average molecular weight is 190 g/mol. The molecule has 1 aromatic rings. The molecule has 5 nitrogen and oxygen atoms in total. The van der Waals surface area contributed by atoms with Crippen molar-refractivity contribution in [2.45, 2.75) is 6.04 Å². The first-order chi connectivity index (χ1) is 6.74. The number of para-hydroxylation sites is 1. The molecule has 5 heteroatoms.